The minimum absolute atomic E-state index is 0. The van der Waals surface area contributed by atoms with Gasteiger partial charge in [-0.2, -0.15) is 11.6 Å². The smallest absolute Gasteiger partial charge is 0.0771 e. The van der Waals surface area contributed by atoms with Crippen molar-refractivity contribution in [2.75, 3.05) is 0 Å². The van der Waals surface area contributed by atoms with E-state index in [1.165, 1.54) is 99.1 Å². The minimum Gasteiger partial charge on any atom is -0.126 e. The number of rotatable bonds is 6. The van der Waals surface area contributed by atoms with Crippen molar-refractivity contribution < 1.29 is 49.0 Å². The third kappa shape index (κ3) is 9.75. The second-order valence-electron chi connectivity index (χ2n) is 13.7. The zero-order valence-corrected chi connectivity index (χ0v) is 35.8. The molecule has 0 radical (unpaired) electrons. The van der Waals surface area contributed by atoms with Crippen LogP contribution in [0.25, 0.3) is 38.3 Å². The largest absolute Gasteiger partial charge is 0.126 e. The summed E-state index contributed by atoms with van der Waals surface area (Å²) >= 11 is 1.46. The fourth-order valence-corrected chi connectivity index (χ4v) is 8.23. The van der Waals surface area contributed by atoms with Crippen LogP contribution in [0.3, 0.4) is 0 Å². The van der Waals surface area contributed by atoms with Crippen molar-refractivity contribution in [2.45, 2.75) is 5.92 Å². The van der Waals surface area contributed by atoms with Crippen molar-refractivity contribution in [3.63, 3.8) is 0 Å². The Labute approximate surface area is 369 Å². The molecule has 10 rings (SSSR count). The van der Waals surface area contributed by atoms with Crippen LogP contribution >= 0.6 is 0 Å². The predicted molar refractivity (Wildman–Crippen MR) is 235 cm³/mol. The molecule has 0 saturated heterocycles. The molecule has 1 atom stereocenters. The predicted octanol–water partition coefficient (Wildman–Crippen LogP) is 7.80. The number of halogens is 2. The van der Waals surface area contributed by atoms with Gasteiger partial charge in [-0.1, -0.05) is 157 Å². The first-order valence-electron chi connectivity index (χ1n) is 19.1. The van der Waals surface area contributed by atoms with Crippen molar-refractivity contribution in [1.82, 2.24) is 0 Å². The first-order valence-corrected chi connectivity index (χ1v) is 20.3. The van der Waals surface area contributed by atoms with Gasteiger partial charge in [0.1, 0.15) is 0 Å². The molecule has 9 aromatic rings. The summed E-state index contributed by atoms with van der Waals surface area (Å²) in [5, 5.41) is 5.39. The molecule has 0 fully saturated rings. The van der Waals surface area contributed by atoms with Crippen LogP contribution in [0.2, 0.25) is 0 Å². The van der Waals surface area contributed by atoms with Crippen molar-refractivity contribution in [3.8, 4) is 0 Å². The molecule has 0 N–H and O–H groups in total. The molecule has 1 aliphatic carbocycles. The van der Waals surface area contributed by atoms with Crippen LogP contribution in [-0.2, 0) is 24.2 Å². The molecular weight excluding hydrogens is 823 g/mol. The van der Waals surface area contributed by atoms with Crippen molar-refractivity contribution in [3.05, 3.63) is 276 Å². The van der Waals surface area contributed by atoms with Crippen LogP contribution in [-0.4, -0.2) is 3.21 Å². The standard InChI is InChI=1S/C29H21.C13H9.C13H10.2ClH.Zr/c1-5-13-22(14-6-1)26-21-27(23-15-7-2-8-16-23)29(25-19-11-4-12-20-25)28(26)24-17-9-3-10-18-24;1-3-7-12-10(5-1)9-11-6-2-4-8-13(11)12;1-3-7-12(8-4-1)11-13-9-5-2-6-10-13;;;/h1-20,26H;1-9H;1-10H;2*1H;/q2*-1;;;;+2/p-2. The summed E-state index contributed by atoms with van der Waals surface area (Å²) in [7, 11) is 0. The monoisotopic (exact) mass is 860 g/mol. The fraction of sp³-hybridized carbons (Fsp3) is 0.0182. The van der Waals surface area contributed by atoms with Crippen molar-refractivity contribution >= 4 is 41.5 Å². The average molecular weight is 863 g/mol. The van der Waals surface area contributed by atoms with Crippen LogP contribution in [0.5, 0.6) is 0 Å². The number of hydrogen-bond donors (Lipinski definition) is 0. The third-order valence-corrected chi connectivity index (χ3v) is 11.5. The molecule has 58 heavy (non-hydrogen) atoms. The van der Waals surface area contributed by atoms with Crippen molar-refractivity contribution in [2.24, 2.45) is 0 Å². The maximum Gasteiger partial charge on any atom is -0.0771 e. The van der Waals surface area contributed by atoms with Gasteiger partial charge in [0.25, 0.3) is 0 Å². The van der Waals surface area contributed by atoms with Gasteiger partial charge < -0.3 is 24.8 Å². The molecule has 9 aromatic carbocycles. The molecule has 0 saturated carbocycles. The van der Waals surface area contributed by atoms with Gasteiger partial charge in [-0.15, -0.1) is 63.0 Å². The topological polar surface area (TPSA) is 0 Å². The zero-order chi connectivity index (χ0) is 37.9. The van der Waals surface area contributed by atoms with E-state index in [0.29, 0.717) is 0 Å². The summed E-state index contributed by atoms with van der Waals surface area (Å²) in [6.45, 7) is 0. The maximum absolute atomic E-state index is 3.86. The van der Waals surface area contributed by atoms with Gasteiger partial charge in [0, 0.05) is 0 Å². The van der Waals surface area contributed by atoms with Gasteiger partial charge in [0.05, 0.1) is 0 Å². The number of hydrogen-bond acceptors (Lipinski definition) is 0. The molecule has 0 nitrogen and oxygen atoms in total. The zero-order valence-electron chi connectivity index (χ0n) is 31.8. The average Bonchev–Trinajstić information content (AvgIpc) is 3.88. The summed E-state index contributed by atoms with van der Waals surface area (Å²) in [5.74, 6) is 0.101. The molecule has 0 bridgehead atoms. The second-order valence-corrected chi connectivity index (χ2v) is 14.9. The van der Waals surface area contributed by atoms with E-state index in [4.69, 9.17) is 0 Å². The third-order valence-electron chi connectivity index (χ3n) is 10.1. The summed E-state index contributed by atoms with van der Waals surface area (Å²) in [6, 6.07) is 83.2. The molecule has 1 unspecified atom stereocenters. The molecule has 280 valence electrons. The van der Waals surface area contributed by atoms with Gasteiger partial charge in [0.15, 0.2) is 0 Å². The number of allylic oxidation sites excluding steroid dienone is 4. The summed E-state index contributed by atoms with van der Waals surface area (Å²) in [4.78, 5) is 0. The van der Waals surface area contributed by atoms with Gasteiger partial charge in [-0.25, -0.2) is 0 Å². The van der Waals surface area contributed by atoms with Gasteiger partial charge in [-0.3, -0.25) is 0 Å². The van der Waals surface area contributed by atoms with Crippen LogP contribution < -0.4 is 24.8 Å². The summed E-state index contributed by atoms with van der Waals surface area (Å²) < 4.78 is 1.42. The first-order chi connectivity index (χ1) is 27.7. The molecule has 0 aromatic heterocycles. The number of fused-ring (bicyclic) bond motifs is 3. The van der Waals surface area contributed by atoms with E-state index >= 15 is 0 Å². The Morgan fingerprint density at radius 2 is 0.759 bits per heavy atom. The van der Waals surface area contributed by atoms with E-state index in [0.717, 1.165) is 0 Å². The van der Waals surface area contributed by atoms with E-state index in [2.05, 4.69) is 243 Å². The van der Waals surface area contributed by atoms with E-state index in [9.17, 15) is 0 Å². The molecular formula is C55H40Cl2Zr-2. The maximum atomic E-state index is 3.86. The van der Waals surface area contributed by atoms with Crippen LogP contribution in [0.15, 0.2) is 237 Å². The molecule has 1 aliphatic rings. The Morgan fingerprint density at radius 3 is 1.22 bits per heavy atom. The van der Waals surface area contributed by atoms with Gasteiger partial charge in [-0.05, 0) is 17.0 Å². The quantitative estimate of drug-likeness (QED) is 0.150. The fourth-order valence-electron chi connectivity index (χ4n) is 7.41. The van der Waals surface area contributed by atoms with Crippen LogP contribution in [0, 0.1) is 6.08 Å². The van der Waals surface area contributed by atoms with E-state index < -0.39 is 0 Å². The van der Waals surface area contributed by atoms with E-state index in [1.807, 2.05) is 0 Å². The number of benzene rings is 8. The first kappa shape index (κ1) is 42.1. The Bertz CT molecular complexity index is 2630. The molecule has 0 spiro atoms. The van der Waals surface area contributed by atoms with Crippen molar-refractivity contribution in [1.29, 1.82) is 0 Å². The van der Waals surface area contributed by atoms with Gasteiger partial charge >= 0.3 is 99.2 Å². The normalized spacial score (nSPS) is 12.9. The van der Waals surface area contributed by atoms with Crippen LogP contribution in [0.1, 0.15) is 39.3 Å². The van der Waals surface area contributed by atoms with E-state index in [-0.39, 0.29) is 30.7 Å². The Hall–Kier alpha value is -5.56. The van der Waals surface area contributed by atoms with E-state index in [1.54, 1.807) is 0 Å². The Morgan fingerprint density at radius 1 is 0.397 bits per heavy atom. The second kappa shape index (κ2) is 20.7. The molecule has 3 heteroatoms. The molecule has 0 aliphatic heterocycles. The minimum atomic E-state index is 0. The van der Waals surface area contributed by atoms with Crippen LogP contribution in [0.4, 0.5) is 0 Å². The summed E-state index contributed by atoms with van der Waals surface area (Å²) in [6.07, 6.45) is 3.86. The molecule has 0 heterocycles. The summed E-state index contributed by atoms with van der Waals surface area (Å²) in [5.41, 5.74) is 11.4. The Kier molecular flexibility index (Phi) is 15.0. The van der Waals surface area contributed by atoms with Gasteiger partial charge in [0.2, 0.25) is 0 Å². The SMILES string of the molecule is [C-]1=C(c2ccccc2)C(c2ccccc2)=C(c2ccccc2)C1c1ccccc1.[Cl-].[Cl-].[Zr+2]=[C](c1ccccc1)c1ccccc1.c1ccc2c(c1)[cH-]c1ccccc12. The molecule has 0 amide bonds. The Balaban J connectivity index is 0.000000163.